The molecular weight excluding hydrogens is 300 g/mol. The Bertz CT molecular complexity index is 738. The molecule has 0 fully saturated rings. The van der Waals surface area contributed by atoms with E-state index in [1.165, 1.54) is 0 Å². The third-order valence-corrected chi connectivity index (χ3v) is 3.24. The summed E-state index contributed by atoms with van der Waals surface area (Å²) >= 11 is 1.02. The summed E-state index contributed by atoms with van der Waals surface area (Å²) in [5.41, 5.74) is 1.40. The van der Waals surface area contributed by atoms with E-state index in [1.807, 2.05) is 12.3 Å². The molecule has 0 saturated carbocycles. The monoisotopic (exact) mass is 312 g/mol. The predicted molar refractivity (Wildman–Crippen MR) is 84.1 cm³/mol. The van der Waals surface area contributed by atoms with Crippen LogP contribution >= 0.6 is 11.8 Å². The molecular formula is C15H12N4O2S. The maximum absolute atomic E-state index is 11.8. The first kappa shape index (κ1) is 15.5. The van der Waals surface area contributed by atoms with Gasteiger partial charge in [-0.2, -0.15) is 5.26 Å². The lowest BCUT2D eigenvalue weighted by Crippen LogP contribution is -2.29. The fraction of sp³-hybridized carbons (Fsp3) is 0.0667. The third kappa shape index (κ3) is 4.33. The van der Waals surface area contributed by atoms with E-state index in [9.17, 15) is 9.59 Å². The minimum absolute atomic E-state index is 0.320. The predicted octanol–water partition coefficient (Wildman–Crippen LogP) is 2.54. The van der Waals surface area contributed by atoms with Gasteiger partial charge in [0.25, 0.3) is 0 Å². The van der Waals surface area contributed by atoms with Crippen molar-refractivity contribution in [1.29, 1.82) is 5.26 Å². The van der Waals surface area contributed by atoms with Crippen molar-refractivity contribution in [2.45, 2.75) is 11.8 Å². The molecule has 0 aliphatic carbocycles. The SMILES string of the molecule is Cc1ccnc(NC(=O)C(=O)Nc2ccc(SC#N)cc2)c1. The summed E-state index contributed by atoms with van der Waals surface area (Å²) in [5.74, 6) is -1.27. The van der Waals surface area contributed by atoms with Gasteiger partial charge in [-0.1, -0.05) is 0 Å². The Hall–Kier alpha value is -2.85. The fourth-order valence-corrected chi connectivity index (χ4v) is 2.00. The van der Waals surface area contributed by atoms with E-state index < -0.39 is 11.8 Å². The van der Waals surface area contributed by atoms with Gasteiger partial charge < -0.3 is 10.6 Å². The first-order chi connectivity index (χ1) is 10.6. The van der Waals surface area contributed by atoms with Crippen molar-refractivity contribution in [1.82, 2.24) is 4.98 Å². The molecule has 1 aromatic carbocycles. The highest BCUT2D eigenvalue weighted by atomic mass is 32.2. The molecule has 2 rings (SSSR count). The number of nitriles is 1. The molecule has 110 valence electrons. The zero-order valence-electron chi connectivity index (χ0n) is 11.7. The second-order valence-corrected chi connectivity index (χ2v) is 5.20. The number of thioether (sulfide) groups is 1. The van der Waals surface area contributed by atoms with Crippen LogP contribution < -0.4 is 10.6 Å². The van der Waals surface area contributed by atoms with E-state index >= 15 is 0 Å². The van der Waals surface area contributed by atoms with E-state index in [1.54, 1.807) is 42.6 Å². The second-order valence-electron chi connectivity index (χ2n) is 4.34. The number of nitrogens with one attached hydrogen (secondary N) is 2. The largest absolute Gasteiger partial charge is 0.318 e. The Balaban J connectivity index is 1.96. The molecule has 0 aliphatic heterocycles. The van der Waals surface area contributed by atoms with Gasteiger partial charge in [-0.3, -0.25) is 9.59 Å². The molecule has 0 saturated heterocycles. The molecule has 22 heavy (non-hydrogen) atoms. The molecule has 0 atom stereocenters. The number of aromatic nitrogens is 1. The van der Waals surface area contributed by atoms with Crippen molar-refractivity contribution in [2.75, 3.05) is 10.6 Å². The lowest BCUT2D eigenvalue weighted by atomic mass is 10.3. The summed E-state index contributed by atoms with van der Waals surface area (Å²) in [6, 6.07) is 10.1. The number of hydrogen-bond acceptors (Lipinski definition) is 5. The van der Waals surface area contributed by atoms with Crippen LogP contribution in [0.5, 0.6) is 0 Å². The van der Waals surface area contributed by atoms with E-state index in [-0.39, 0.29) is 0 Å². The molecule has 0 radical (unpaired) electrons. The topological polar surface area (TPSA) is 94.9 Å². The first-order valence-electron chi connectivity index (χ1n) is 6.29. The molecule has 2 aromatic rings. The van der Waals surface area contributed by atoms with Crippen LogP contribution in [-0.2, 0) is 9.59 Å². The fourth-order valence-electron chi connectivity index (χ4n) is 1.62. The van der Waals surface area contributed by atoms with Crippen LogP contribution in [0, 0.1) is 17.6 Å². The van der Waals surface area contributed by atoms with Crippen LogP contribution in [0.3, 0.4) is 0 Å². The van der Waals surface area contributed by atoms with E-state index in [4.69, 9.17) is 5.26 Å². The number of carbonyl (C=O) groups is 2. The van der Waals surface area contributed by atoms with Gasteiger partial charge in [-0.25, -0.2) is 4.98 Å². The highest BCUT2D eigenvalue weighted by molar-refractivity contribution is 8.03. The van der Waals surface area contributed by atoms with Crippen LogP contribution in [0.25, 0.3) is 0 Å². The summed E-state index contributed by atoms with van der Waals surface area (Å²) in [4.78, 5) is 28.3. The number of nitrogens with zero attached hydrogens (tertiary/aromatic N) is 2. The number of hydrogen-bond donors (Lipinski definition) is 2. The number of anilines is 2. The van der Waals surface area contributed by atoms with Crippen molar-refractivity contribution in [3.63, 3.8) is 0 Å². The van der Waals surface area contributed by atoms with Crippen LogP contribution in [-0.4, -0.2) is 16.8 Å². The van der Waals surface area contributed by atoms with Crippen LogP contribution in [0.1, 0.15) is 5.56 Å². The molecule has 0 bridgehead atoms. The van der Waals surface area contributed by atoms with Gasteiger partial charge in [0.2, 0.25) is 0 Å². The Morgan fingerprint density at radius 1 is 1.14 bits per heavy atom. The maximum atomic E-state index is 11.8. The van der Waals surface area contributed by atoms with Gasteiger partial charge in [0.15, 0.2) is 0 Å². The normalized spacial score (nSPS) is 9.64. The van der Waals surface area contributed by atoms with Crippen molar-refractivity contribution >= 4 is 35.1 Å². The first-order valence-corrected chi connectivity index (χ1v) is 7.11. The van der Waals surface area contributed by atoms with Gasteiger partial charge in [-0.15, -0.1) is 0 Å². The van der Waals surface area contributed by atoms with E-state index in [2.05, 4.69) is 15.6 Å². The van der Waals surface area contributed by atoms with E-state index in [0.29, 0.717) is 11.5 Å². The third-order valence-electron chi connectivity index (χ3n) is 2.64. The average molecular weight is 312 g/mol. The van der Waals surface area contributed by atoms with Gasteiger partial charge >= 0.3 is 11.8 Å². The Morgan fingerprint density at radius 3 is 2.45 bits per heavy atom. The highest BCUT2D eigenvalue weighted by Gasteiger charge is 2.14. The summed E-state index contributed by atoms with van der Waals surface area (Å²) in [7, 11) is 0. The Kier molecular flexibility index (Phi) is 5.11. The lowest BCUT2D eigenvalue weighted by Gasteiger charge is -2.06. The van der Waals surface area contributed by atoms with Crippen molar-refractivity contribution < 1.29 is 9.59 Å². The van der Waals surface area contributed by atoms with Crippen LogP contribution in [0.2, 0.25) is 0 Å². The summed E-state index contributed by atoms with van der Waals surface area (Å²) < 4.78 is 0. The zero-order chi connectivity index (χ0) is 15.9. The Morgan fingerprint density at radius 2 is 1.82 bits per heavy atom. The summed E-state index contributed by atoms with van der Waals surface area (Å²) in [5, 5.41) is 15.4. The zero-order valence-corrected chi connectivity index (χ0v) is 12.5. The highest BCUT2D eigenvalue weighted by Crippen LogP contribution is 2.19. The van der Waals surface area contributed by atoms with Crippen molar-refractivity contribution in [3.05, 3.63) is 48.2 Å². The number of rotatable bonds is 3. The van der Waals surface area contributed by atoms with Gasteiger partial charge in [0.05, 0.1) is 0 Å². The Labute approximate surface area is 131 Å². The average Bonchev–Trinajstić information content (AvgIpc) is 2.49. The quantitative estimate of drug-likeness (QED) is 0.516. The number of benzene rings is 1. The molecule has 6 nitrogen and oxygen atoms in total. The number of pyridine rings is 1. The van der Waals surface area contributed by atoms with Gasteiger partial charge in [-0.05, 0) is 60.6 Å². The number of amides is 2. The lowest BCUT2D eigenvalue weighted by molar-refractivity contribution is -0.133. The van der Waals surface area contributed by atoms with E-state index in [0.717, 1.165) is 22.2 Å². The van der Waals surface area contributed by atoms with Gasteiger partial charge in [0.1, 0.15) is 11.2 Å². The van der Waals surface area contributed by atoms with Crippen molar-refractivity contribution in [2.24, 2.45) is 0 Å². The molecule has 0 unspecified atom stereocenters. The summed E-state index contributed by atoms with van der Waals surface area (Å²) in [6.45, 7) is 1.86. The molecule has 0 spiro atoms. The molecule has 1 aromatic heterocycles. The number of aryl methyl sites for hydroxylation is 1. The smallest absolute Gasteiger partial charge is 0.315 e. The second kappa shape index (κ2) is 7.24. The molecule has 0 aliphatic rings. The molecule has 1 heterocycles. The van der Waals surface area contributed by atoms with Crippen LogP contribution in [0.15, 0.2) is 47.5 Å². The minimum Gasteiger partial charge on any atom is -0.318 e. The summed E-state index contributed by atoms with van der Waals surface area (Å²) in [6.07, 6.45) is 1.55. The standard InChI is InChI=1S/C15H12N4O2S/c1-10-6-7-17-13(8-10)19-15(21)14(20)18-11-2-4-12(5-3-11)22-9-16/h2-8H,1H3,(H,18,20)(H,17,19,21). The maximum Gasteiger partial charge on any atom is 0.315 e. The number of thiocyanates is 1. The minimum atomic E-state index is -0.798. The molecule has 7 heteroatoms. The van der Waals surface area contributed by atoms with Crippen molar-refractivity contribution in [3.8, 4) is 5.40 Å². The van der Waals surface area contributed by atoms with Crippen LogP contribution in [0.4, 0.5) is 11.5 Å². The van der Waals surface area contributed by atoms with Gasteiger partial charge in [0, 0.05) is 16.8 Å². The number of carbonyl (C=O) groups excluding carboxylic acids is 2. The molecule has 2 N–H and O–H groups in total. The molecule has 2 amide bonds.